The van der Waals surface area contributed by atoms with Gasteiger partial charge in [-0.25, -0.2) is 0 Å². The van der Waals surface area contributed by atoms with Gasteiger partial charge in [-0.3, -0.25) is 0 Å². The summed E-state index contributed by atoms with van der Waals surface area (Å²) >= 11 is 0. The van der Waals surface area contributed by atoms with Crippen molar-refractivity contribution in [2.24, 2.45) is 0 Å². The fourth-order valence-electron chi connectivity index (χ4n) is 2.09. The van der Waals surface area contributed by atoms with E-state index in [0.29, 0.717) is 0 Å². The third-order valence-corrected chi connectivity index (χ3v) is 2.99. The van der Waals surface area contributed by atoms with Crippen LogP contribution in [0.5, 0.6) is 0 Å². The van der Waals surface area contributed by atoms with Gasteiger partial charge in [0.05, 0.1) is 0 Å². The molecule has 0 unspecified atom stereocenters. The molecule has 0 saturated heterocycles. The summed E-state index contributed by atoms with van der Waals surface area (Å²) in [6.45, 7) is 6.11. The van der Waals surface area contributed by atoms with Crippen molar-refractivity contribution in [1.29, 1.82) is 0 Å². The summed E-state index contributed by atoms with van der Waals surface area (Å²) in [5, 5.41) is 0. The van der Waals surface area contributed by atoms with Crippen molar-refractivity contribution < 1.29 is 0 Å². The Hall–Kier alpha value is -1.82. The molecule has 0 nitrogen and oxygen atoms in total. The third-order valence-electron chi connectivity index (χ3n) is 2.99. The van der Waals surface area contributed by atoms with Crippen molar-refractivity contribution in [3.63, 3.8) is 0 Å². The second-order valence-electron chi connectivity index (χ2n) is 4.23. The molecule has 2 rings (SSSR count). The summed E-state index contributed by atoms with van der Waals surface area (Å²) < 4.78 is 0. The number of rotatable bonds is 4. The van der Waals surface area contributed by atoms with Crippen LogP contribution in [0.3, 0.4) is 0 Å². The highest BCUT2D eigenvalue weighted by atomic mass is 14.1. The monoisotopic (exact) mass is 222 g/mol. The molecule has 2 aromatic rings. The summed E-state index contributed by atoms with van der Waals surface area (Å²) in [6, 6.07) is 17.1. The molecule has 0 heteroatoms. The minimum Gasteiger partial charge on any atom is -0.0985 e. The Balaban J connectivity index is 2.41. The minimum absolute atomic E-state index is 1.12. The average Bonchev–Trinajstić information content (AvgIpc) is 2.40. The summed E-state index contributed by atoms with van der Waals surface area (Å²) in [7, 11) is 0. The molecule has 0 saturated carbocycles. The maximum Gasteiger partial charge on any atom is -0.0178 e. The highest BCUT2D eigenvalue weighted by molar-refractivity contribution is 5.68. The zero-order valence-electron chi connectivity index (χ0n) is 10.3. The zero-order valence-corrected chi connectivity index (χ0v) is 10.3. The van der Waals surface area contributed by atoms with Crippen LogP contribution in [0.2, 0.25) is 0 Å². The Morgan fingerprint density at radius 3 is 2.41 bits per heavy atom. The Bertz CT molecular complexity index is 495. The first-order valence-electron chi connectivity index (χ1n) is 6.16. The molecule has 0 aliphatic carbocycles. The average molecular weight is 222 g/mol. The highest BCUT2D eigenvalue weighted by Crippen LogP contribution is 2.23. The summed E-state index contributed by atoms with van der Waals surface area (Å²) in [5.74, 6) is 0. The first-order valence-corrected chi connectivity index (χ1v) is 6.16. The highest BCUT2D eigenvalue weighted by Gasteiger charge is 2.02. The Morgan fingerprint density at radius 1 is 1.00 bits per heavy atom. The van der Waals surface area contributed by atoms with Gasteiger partial charge in [-0.1, -0.05) is 68.5 Å². The maximum atomic E-state index is 3.91. The lowest BCUT2D eigenvalue weighted by Gasteiger charge is -2.08. The number of benzene rings is 2. The summed E-state index contributed by atoms with van der Waals surface area (Å²) in [6.07, 6.45) is 4.25. The Kier molecular flexibility index (Phi) is 3.77. The van der Waals surface area contributed by atoms with Crippen LogP contribution in [0.25, 0.3) is 17.2 Å². The van der Waals surface area contributed by atoms with E-state index in [1.165, 1.54) is 28.7 Å². The molecular weight excluding hydrogens is 204 g/mol. The maximum absolute atomic E-state index is 3.91. The molecule has 0 atom stereocenters. The molecule has 0 spiro atoms. The van der Waals surface area contributed by atoms with Crippen molar-refractivity contribution in [3.05, 3.63) is 66.2 Å². The van der Waals surface area contributed by atoms with Gasteiger partial charge in [0.15, 0.2) is 0 Å². The molecule has 0 amide bonds. The van der Waals surface area contributed by atoms with Crippen molar-refractivity contribution in [2.45, 2.75) is 19.8 Å². The second kappa shape index (κ2) is 5.49. The van der Waals surface area contributed by atoms with Crippen LogP contribution in [0, 0.1) is 0 Å². The van der Waals surface area contributed by atoms with E-state index in [1.54, 1.807) is 0 Å². The lowest BCUT2D eigenvalue weighted by atomic mass is 9.97. The van der Waals surface area contributed by atoms with Gasteiger partial charge in [0.2, 0.25) is 0 Å². The summed E-state index contributed by atoms with van der Waals surface area (Å²) in [5.41, 5.74) is 5.18. The van der Waals surface area contributed by atoms with Crippen LogP contribution in [0.4, 0.5) is 0 Å². The zero-order chi connectivity index (χ0) is 12.1. The first kappa shape index (κ1) is 11.7. The number of hydrogen-bond acceptors (Lipinski definition) is 0. The SMILES string of the molecule is C=Cc1cc(-c2ccccc2)ccc1CCC. The van der Waals surface area contributed by atoms with Crippen LogP contribution in [0.15, 0.2) is 55.1 Å². The molecule has 0 aliphatic heterocycles. The molecule has 0 bridgehead atoms. The quantitative estimate of drug-likeness (QED) is 0.686. The molecular formula is C17H18. The van der Waals surface area contributed by atoms with Gasteiger partial charge in [-0.15, -0.1) is 0 Å². The van der Waals surface area contributed by atoms with Crippen LogP contribution in [0.1, 0.15) is 24.5 Å². The van der Waals surface area contributed by atoms with Crippen LogP contribution in [-0.4, -0.2) is 0 Å². The van der Waals surface area contributed by atoms with Gasteiger partial charge in [-0.2, -0.15) is 0 Å². The van der Waals surface area contributed by atoms with Gasteiger partial charge >= 0.3 is 0 Å². The minimum atomic E-state index is 1.12. The van der Waals surface area contributed by atoms with E-state index in [9.17, 15) is 0 Å². The fourth-order valence-corrected chi connectivity index (χ4v) is 2.09. The van der Waals surface area contributed by atoms with Crippen LogP contribution >= 0.6 is 0 Å². The topological polar surface area (TPSA) is 0 Å². The molecule has 0 fully saturated rings. The van der Waals surface area contributed by atoms with E-state index >= 15 is 0 Å². The molecule has 2 aromatic carbocycles. The summed E-state index contributed by atoms with van der Waals surface area (Å²) in [4.78, 5) is 0. The molecule has 0 aliphatic rings. The normalized spacial score (nSPS) is 10.2. The van der Waals surface area contributed by atoms with E-state index in [1.807, 2.05) is 12.1 Å². The lowest BCUT2D eigenvalue weighted by molar-refractivity contribution is 0.920. The molecule has 17 heavy (non-hydrogen) atoms. The first-order chi connectivity index (χ1) is 8.35. The standard InChI is InChI=1S/C17H18/c1-3-8-15-11-12-17(13-14(15)4-2)16-9-6-5-7-10-16/h4-7,9-13H,2-3,8H2,1H3. The van der Waals surface area contributed by atoms with Crippen molar-refractivity contribution in [1.82, 2.24) is 0 Å². The van der Waals surface area contributed by atoms with Crippen molar-refractivity contribution >= 4 is 6.08 Å². The fraction of sp³-hybridized carbons (Fsp3) is 0.176. The van der Waals surface area contributed by atoms with Crippen LogP contribution in [-0.2, 0) is 6.42 Å². The smallest absolute Gasteiger partial charge is 0.0178 e. The Labute approximate surface area is 104 Å². The lowest BCUT2D eigenvalue weighted by Crippen LogP contribution is -1.89. The van der Waals surface area contributed by atoms with Gasteiger partial charge in [0.1, 0.15) is 0 Å². The largest absolute Gasteiger partial charge is 0.0985 e. The Morgan fingerprint density at radius 2 is 1.76 bits per heavy atom. The van der Waals surface area contributed by atoms with E-state index in [4.69, 9.17) is 0 Å². The molecule has 0 aromatic heterocycles. The van der Waals surface area contributed by atoms with E-state index in [-0.39, 0.29) is 0 Å². The van der Waals surface area contributed by atoms with E-state index in [2.05, 4.69) is 56.0 Å². The third kappa shape index (κ3) is 2.65. The predicted molar refractivity (Wildman–Crippen MR) is 76.0 cm³/mol. The van der Waals surface area contributed by atoms with Gasteiger partial charge in [0, 0.05) is 0 Å². The molecule has 0 N–H and O–H groups in total. The number of aryl methyl sites for hydroxylation is 1. The van der Waals surface area contributed by atoms with E-state index in [0.717, 1.165) is 6.42 Å². The molecule has 0 radical (unpaired) electrons. The number of hydrogen-bond donors (Lipinski definition) is 0. The van der Waals surface area contributed by atoms with E-state index < -0.39 is 0 Å². The second-order valence-corrected chi connectivity index (χ2v) is 4.23. The van der Waals surface area contributed by atoms with Gasteiger partial charge in [-0.05, 0) is 34.7 Å². The van der Waals surface area contributed by atoms with Crippen molar-refractivity contribution in [3.8, 4) is 11.1 Å². The molecule has 0 heterocycles. The van der Waals surface area contributed by atoms with Gasteiger partial charge in [0.25, 0.3) is 0 Å². The van der Waals surface area contributed by atoms with Crippen LogP contribution < -0.4 is 0 Å². The molecule has 86 valence electrons. The van der Waals surface area contributed by atoms with Crippen molar-refractivity contribution in [2.75, 3.05) is 0 Å². The predicted octanol–water partition coefficient (Wildman–Crippen LogP) is 4.95. The van der Waals surface area contributed by atoms with Gasteiger partial charge < -0.3 is 0 Å².